The number of carboxylic acids is 1. The molecule has 0 bridgehead atoms. The van der Waals surface area contributed by atoms with Crippen molar-refractivity contribution in [1.29, 1.82) is 0 Å². The van der Waals surface area contributed by atoms with Crippen LogP contribution in [0.25, 0.3) is 5.65 Å². The highest BCUT2D eigenvalue weighted by Crippen LogP contribution is 2.33. The molecule has 96 valence electrons. The van der Waals surface area contributed by atoms with Gasteiger partial charge in [0.2, 0.25) is 0 Å². The second-order valence-electron chi connectivity index (χ2n) is 3.46. The second-order valence-corrected chi connectivity index (χ2v) is 3.84. The first-order valence-electron chi connectivity index (χ1n) is 4.57. The number of rotatable bonds is 1. The number of aryl methyl sites for hydroxylation is 1. The van der Waals surface area contributed by atoms with Gasteiger partial charge in [0, 0.05) is 6.20 Å². The van der Waals surface area contributed by atoms with Gasteiger partial charge >= 0.3 is 12.1 Å². The van der Waals surface area contributed by atoms with Gasteiger partial charge in [-0.05, 0) is 6.92 Å². The summed E-state index contributed by atoms with van der Waals surface area (Å²) in [4.78, 5) is 14.4. The standard InChI is InChI=1S/C9H5ClF3N3O2/c1-3-5(10)7-14-2-4(8(17)18)6(9(11,12)13)16(7)15-3/h2H,1H3,(H,17,18). The first-order chi connectivity index (χ1) is 8.23. The van der Waals surface area contributed by atoms with Crippen molar-refractivity contribution in [3.63, 3.8) is 0 Å². The van der Waals surface area contributed by atoms with Gasteiger partial charge in [-0.25, -0.2) is 14.3 Å². The number of aromatic nitrogens is 3. The Morgan fingerprint density at radius 2 is 2.11 bits per heavy atom. The summed E-state index contributed by atoms with van der Waals surface area (Å²) in [6, 6.07) is 0. The van der Waals surface area contributed by atoms with Crippen LogP contribution in [0.4, 0.5) is 13.2 Å². The Kier molecular flexibility index (Phi) is 2.69. The Bertz CT molecular complexity index is 651. The summed E-state index contributed by atoms with van der Waals surface area (Å²) in [5, 5.41) is 12.3. The van der Waals surface area contributed by atoms with Crippen molar-refractivity contribution in [1.82, 2.24) is 14.6 Å². The molecule has 2 aromatic rings. The fraction of sp³-hybridized carbons (Fsp3) is 0.222. The largest absolute Gasteiger partial charge is 0.478 e. The van der Waals surface area contributed by atoms with E-state index in [9.17, 15) is 18.0 Å². The van der Waals surface area contributed by atoms with E-state index in [0.717, 1.165) is 0 Å². The van der Waals surface area contributed by atoms with Crippen molar-refractivity contribution in [3.8, 4) is 0 Å². The van der Waals surface area contributed by atoms with Crippen molar-refractivity contribution in [2.45, 2.75) is 13.1 Å². The lowest BCUT2D eigenvalue weighted by Crippen LogP contribution is -2.19. The van der Waals surface area contributed by atoms with Crippen LogP contribution in [0, 0.1) is 6.92 Å². The summed E-state index contributed by atoms with van der Waals surface area (Å²) in [6.45, 7) is 1.40. The molecule has 2 aromatic heterocycles. The molecule has 0 saturated carbocycles. The fourth-order valence-corrected chi connectivity index (χ4v) is 1.66. The molecule has 0 aliphatic carbocycles. The summed E-state index contributed by atoms with van der Waals surface area (Å²) in [5.41, 5.74) is -2.48. The van der Waals surface area contributed by atoms with Crippen LogP contribution >= 0.6 is 11.6 Å². The smallest absolute Gasteiger partial charge is 0.434 e. The third kappa shape index (κ3) is 1.78. The van der Waals surface area contributed by atoms with Crippen LogP contribution in [0.1, 0.15) is 21.7 Å². The van der Waals surface area contributed by atoms with Crippen LogP contribution in [0.3, 0.4) is 0 Å². The summed E-state index contributed by atoms with van der Waals surface area (Å²) in [6.07, 6.45) is -4.26. The summed E-state index contributed by atoms with van der Waals surface area (Å²) in [5.74, 6) is -1.74. The zero-order chi connectivity index (χ0) is 13.7. The Hall–Kier alpha value is -1.83. The summed E-state index contributed by atoms with van der Waals surface area (Å²) >= 11 is 5.73. The van der Waals surface area contributed by atoms with Crippen LogP contribution in [0.5, 0.6) is 0 Å². The number of halogens is 4. The van der Waals surface area contributed by atoms with Gasteiger partial charge in [0.15, 0.2) is 11.3 Å². The van der Waals surface area contributed by atoms with Crippen molar-refractivity contribution in [2.24, 2.45) is 0 Å². The predicted octanol–water partition coefficient (Wildman–Crippen LogP) is 2.41. The number of hydrogen-bond donors (Lipinski definition) is 1. The number of aromatic carboxylic acids is 1. The van der Waals surface area contributed by atoms with Crippen LogP contribution in [-0.4, -0.2) is 25.7 Å². The SMILES string of the molecule is Cc1nn2c(C(F)(F)F)c(C(=O)O)cnc2c1Cl. The van der Waals surface area contributed by atoms with Crippen molar-refractivity contribution in [2.75, 3.05) is 0 Å². The third-order valence-corrected chi connectivity index (χ3v) is 2.69. The van der Waals surface area contributed by atoms with E-state index in [1.54, 1.807) is 0 Å². The predicted molar refractivity (Wildman–Crippen MR) is 54.7 cm³/mol. The maximum atomic E-state index is 12.9. The lowest BCUT2D eigenvalue weighted by Gasteiger charge is -2.11. The molecule has 0 fully saturated rings. The minimum atomic E-state index is -4.88. The molecule has 0 atom stereocenters. The number of alkyl halides is 3. The summed E-state index contributed by atoms with van der Waals surface area (Å²) < 4.78 is 39.1. The maximum Gasteiger partial charge on any atom is 0.434 e. The van der Waals surface area contributed by atoms with Crippen molar-refractivity contribution >= 4 is 23.2 Å². The number of fused-ring (bicyclic) bond motifs is 1. The first kappa shape index (κ1) is 12.6. The van der Waals surface area contributed by atoms with E-state index < -0.39 is 23.4 Å². The zero-order valence-electron chi connectivity index (χ0n) is 8.79. The van der Waals surface area contributed by atoms with Crippen LogP contribution in [0.15, 0.2) is 6.20 Å². The van der Waals surface area contributed by atoms with E-state index in [0.29, 0.717) is 10.7 Å². The van der Waals surface area contributed by atoms with Gasteiger partial charge in [0.25, 0.3) is 0 Å². The van der Waals surface area contributed by atoms with Crippen molar-refractivity contribution < 1.29 is 23.1 Å². The highest BCUT2D eigenvalue weighted by atomic mass is 35.5. The first-order valence-corrected chi connectivity index (χ1v) is 4.95. The summed E-state index contributed by atoms with van der Waals surface area (Å²) in [7, 11) is 0. The molecule has 0 amide bonds. The Morgan fingerprint density at radius 1 is 1.50 bits per heavy atom. The molecule has 1 N–H and O–H groups in total. The minimum absolute atomic E-state index is 0.0440. The fourth-order valence-electron chi connectivity index (χ4n) is 1.49. The zero-order valence-corrected chi connectivity index (χ0v) is 9.54. The molecule has 0 spiro atoms. The Balaban J connectivity index is 2.95. The minimum Gasteiger partial charge on any atom is -0.478 e. The second kappa shape index (κ2) is 3.84. The molecule has 2 heterocycles. The number of nitrogens with zero attached hydrogens (tertiary/aromatic N) is 3. The van der Waals surface area contributed by atoms with Gasteiger partial charge in [-0.2, -0.15) is 18.3 Å². The van der Waals surface area contributed by atoms with E-state index in [4.69, 9.17) is 16.7 Å². The topological polar surface area (TPSA) is 67.5 Å². The van der Waals surface area contributed by atoms with Gasteiger partial charge in [0.1, 0.15) is 10.6 Å². The molecule has 0 unspecified atom stereocenters. The molecule has 0 aromatic carbocycles. The quantitative estimate of drug-likeness (QED) is 0.870. The van der Waals surface area contributed by atoms with Crippen molar-refractivity contribution in [3.05, 3.63) is 28.2 Å². The Morgan fingerprint density at radius 3 is 2.61 bits per heavy atom. The van der Waals surface area contributed by atoms with Crippen LogP contribution in [-0.2, 0) is 6.18 Å². The van der Waals surface area contributed by atoms with E-state index in [1.807, 2.05) is 0 Å². The molecule has 9 heteroatoms. The van der Waals surface area contributed by atoms with E-state index >= 15 is 0 Å². The Labute approximate surface area is 103 Å². The number of carboxylic acid groups (broad SMARTS) is 1. The highest BCUT2D eigenvalue weighted by molar-refractivity contribution is 6.34. The molecule has 0 aliphatic rings. The molecule has 0 aliphatic heterocycles. The van der Waals surface area contributed by atoms with E-state index in [-0.39, 0.29) is 16.4 Å². The molecule has 5 nitrogen and oxygen atoms in total. The molecule has 2 rings (SSSR count). The van der Waals surface area contributed by atoms with Gasteiger partial charge in [-0.15, -0.1) is 0 Å². The van der Waals surface area contributed by atoms with Crippen LogP contribution in [0.2, 0.25) is 5.02 Å². The van der Waals surface area contributed by atoms with Gasteiger partial charge < -0.3 is 5.11 Å². The van der Waals surface area contributed by atoms with Gasteiger partial charge in [0.05, 0.1) is 5.69 Å². The normalized spacial score (nSPS) is 12.1. The number of hydrogen-bond acceptors (Lipinski definition) is 3. The van der Waals surface area contributed by atoms with Gasteiger partial charge in [-0.3, -0.25) is 0 Å². The average molecular weight is 280 g/mol. The average Bonchev–Trinajstić information content (AvgIpc) is 2.52. The van der Waals surface area contributed by atoms with Gasteiger partial charge in [-0.1, -0.05) is 11.6 Å². The molecular weight excluding hydrogens is 275 g/mol. The third-order valence-electron chi connectivity index (χ3n) is 2.25. The molecule has 18 heavy (non-hydrogen) atoms. The number of carbonyl (C=O) groups is 1. The molecular formula is C9H5ClF3N3O2. The van der Waals surface area contributed by atoms with E-state index in [2.05, 4.69) is 10.1 Å². The highest BCUT2D eigenvalue weighted by Gasteiger charge is 2.40. The van der Waals surface area contributed by atoms with E-state index in [1.165, 1.54) is 6.92 Å². The molecule has 0 radical (unpaired) electrons. The lowest BCUT2D eigenvalue weighted by atomic mass is 10.2. The monoisotopic (exact) mass is 279 g/mol. The van der Waals surface area contributed by atoms with Crippen LogP contribution < -0.4 is 0 Å². The lowest BCUT2D eigenvalue weighted by molar-refractivity contribution is -0.143. The molecule has 0 saturated heterocycles. The maximum absolute atomic E-state index is 12.9.